The smallest absolute Gasteiger partial charge is 0.304 e. The molecule has 0 aromatic heterocycles. The lowest BCUT2D eigenvalue weighted by Gasteiger charge is -2.22. The summed E-state index contributed by atoms with van der Waals surface area (Å²) in [6.45, 7) is 0.129. The van der Waals surface area contributed by atoms with Crippen LogP contribution in [0.4, 0.5) is 18.9 Å². The second-order valence-electron chi connectivity index (χ2n) is 3.51. The summed E-state index contributed by atoms with van der Waals surface area (Å²) in [4.78, 5) is 0. The topological polar surface area (TPSA) is 39.1 Å². The number of rotatable bonds is 1. The van der Waals surface area contributed by atoms with E-state index in [1.807, 2.05) is 6.07 Å². The van der Waals surface area contributed by atoms with Crippen molar-refractivity contribution in [1.82, 2.24) is 5.43 Å². The number of nitrogens with zero attached hydrogens (tertiary/aromatic N) is 2. The van der Waals surface area contributed by atoms with Crippen LogP contribution in [-0.2, 0) is 6.18 Å². The van der Waals surface area contributed by atoms with E-state index in [1.54, 1.807) is 0 Å². The van der Waals surface area contributed by atoms with Crippen LogP contribution in [0.25, 0.3) is 0 Å². The van der Waals surface area contributed by atoms with Crippen molar-refractivity contribution in [3.8, 4) is 6.07 Å². The Kier molecular flexibility index (Phi) is 2.68. The first-order valence-corrected chi connectivity index (χ1v) is 4.81. The maximum Gasteiger partial charge on any atom is 0.418 e. The highest BCUT2D eigenvalue weighted by molar-refractivity contribution is 5.57. The molecular weight excluding hydrogens is 231 g/mol. The Labute approximate surface area is 95.7 Å². The Morgan fingerprint density at radius 2 is 2.00 bits per heavy atom. The lowest BCUT2D eigenvalue weighted by atomic mass is 10.1. The van der Waals surface area contributed by atoms with Gasteiger partial charge in [0, 0.05) is 6.20 Å². The van der Waals surface area contributed by atoms with Gasteiger partial charge in [-0.25, -0.2) is 0 Å². The first-order valence-electron chi connectivity index (χ1n) is 4.81. The van der Waals surface area contributed by atoms with E-state index in [0.29, 0.717) is 5.57 Å². The summed E-state index contributed by atoms with van der Waals surface area (Å²) >= 11 is 0. The maximum atomic E-state index is 12.7. The third-order valence-corrected chi connectivity index (χ3v) is 2.37. The molecular formula is C11H8F3N3. The van der Waals surface area contributed by atoms with E-state index < -0.39 is 11.7 Å². The molecule has 0 saturated carbocycles. The zero-order valence-electron chi connectivity index (χ0n) is 8.62. The lowest BCUT2D eigenvalue weighted by molar-refractivity contribution is -0.137. The first-order chi connectivity index (χ1) is 8.02. The predicted octanol–water partition coefficient (Wildman–Crippen LogP) is 2.44. The molecule has 0 atom stereocenters. The van der Waals surface area contributed by atoms with Crippen molar-refractivity contribution in [3.05, 3.63) is 41.6 Å². The Bertz CT molecular complexity index is 499. The van der Waals surface area contributed by atoms with Crippen molar-refractivity contribution in [3.63, 3.8) is 0 Å². The van der Waals surface area contributed by atoms with Gasteiger partial charge in [0.15, 0.2) is 0 Å². The molecule has 1 aromatic carbocycles. The van der Waals surface area contributed by atoms with Gasteiger partial charge < -0.3 is 5.43 Å². The van der Waals surface area contributed by atoms with Gasteiger partial charge >= 0.3 is 6.18 Å². The van der Waals surface area contributed by atoms with Gasteiger partial charge in [-0.3, -0.25) is 5.01 Å². The van der Waals surface area contributed by atoms with Gasteiger partial charge in [0.25, 0.3) is 0 Å². The third kappa shape index (κ3) is 2.18. The summed E-state index contributed by atoms with van der Waals surface area (Å²) < 4.78 is 38.2. The zero-order valence-corrected chi connectivity index (χ0v) is 8.62. The molecule has 0 spiro atoms. The molecule has 6 heteroatoms. The SMILES string of the molecule is N#CC1=CNN(c2ccccc2C(F)(F)F)C1. The Morgan fingerprint density at radius 1 is 1.29 bits per heavy atom. The van der Waals surface area contributed by atoms with Gasteiger partial charge in [0.2, 0.25) is 0 Å². The van der Waals surface area contributed by atoms with Crippen molar-refractivity contribution in [2.24, 2.45) is 0 Å². The van der Waals surface area contributed by atoms with Crippen molar-refractivity contribution in [2.45, 2.75) is 6.18 Å². The van der Waals surface area contributed by atoms with Gasteiger partial charge in [-0.05, 0) is 12.1 Å². The molecule has 1 N–H and O–H groups in total. The number of hydrazine groups is 1. The van der Waals surface area contributed by atoms with Crippen LogP contribution in [0, 0.1) is 11.3 Å². The number of halogens is 3. The first kappa shape index (κ1) is 11.3. The fourth-order valence-electron chi connectivity index (χ4n) is 1.59. The summed E-state index contributed by atoms with van der Waals surface area (Å²) in [6, 6.07) is 7.14. The molecule has 17 heavy (non-hydrogen) atoms. The highest BCUT2D eigenvalue weighted by Crippen LogP contribution is 2.36. The number of hydrogen-bond acceptors (Lipinski definition) is 3. The fraction of sp³-hybridized carbons (Fsp3) is 0.182. The molecule has 0 bridgehead atoms. The number of benzene rings is 1. The monoisotopic (exact) mass is 239 g/mol. The standard InChI is InChI=1S/C11H8F3N3/c12-11(13,14)9-3-1-2-4-10(9)17-7-8(5-15)6-16-17/h1-4,6,16H,7H2. The molecule has 1 aromatic rings. The minimum Gasteiger partial charge on any atom is -0.304 e. The molecule has 3 nitrogen and oxygen atoms in total. The molecule has 1 aliphatic rings. The number of anilines is 1. The van der Waals surface area contributed by atoms with E-state index in [2.05, 4.69) is 5.43 Å². The average molecular weight is 239 g/mol. The normalized spacial score (nSPS) is 15.2. The highest BCUT2D eigenvalue weighted by Gasteiger charge is 2.35. The summed E-state index contributed by atoms with van der Waals surface area (Å²) in [5.74, 6) is 0. The van der Waals surface area contributed by atoms with Crippen LogP contribution in [0.2, 0.25) is 0 Å². The second-order valence-corrected chi connectivity index (χ2v) is 3.51. The van der Waals surface area contributed by atoms with Gasteiger partial charge in [-0.1, -0.05) is 12.1 Å². The van der Waals surface area contributed by atoms with Gasteiger partial charge in [-0.2, -0.15) is 18.4 Å². The zero-order chi connectivity index (χ0) is 12.5. The predicted molar refractivity (Wildman–Crippen MR) is 55.6 cm³/mol. The van der Waals surface area contributed by atoms with Crippen molar-refractivity contribution >= 4 is 5.69 Å². The molecule has 0 amide bonds. The molecule has 0 saturated heterocycles. The summed E-state index contributed by atoms with van der Waals surface area (Å²) in [7, 11) is 0. The lowest BCUT2D eigenvalue weighted by Crippen LogP contribution is -2.31. The van der Waals surface area contributed by atoms with Crippen LogP contribution in [0.3, 0.4) is 0 Å². The van der Waals surface area contributed by atoms with Crippen molar-refractivity contribution < 1.29 is 13.2 Å². The Morgan fingerprint density at radius 3 is 2.59 bits per heavy atom. The molecule has 1 aliphatic heterocycles. The van der Waals surface area contributed by atoms with E-state index >= 15 is 0 Å². The van der Waals surface area contributed by atoms with Crippen LogP contribution < -0.4 is 10.4 Å². The van der Waals surface area contributed by atoms with Crippen LogP contribution in [0.5, 0.6) is 0 Å². The van der Waals surface area contributed by atoms with Crippen LogP contribution >= 0.6 is 0 Å². The molecule has 0 unspecified atom stereocenters. The van der Waals surface area contributed by atoms with Crippen LogP contribution in [0.1, 0.15) is 5.56 Å². The molecule has 2 rings (SSSR count). The van der Waals surface area contributed by atoms with E-state index in [-0.39, 0.29) is 12.2 Å². The van der Waals surface area contributed by atoms with E-state index in [0.717, 1.165) is 6.07 Å². The number of nitriles is 1. The molecule has 0 fully saturated rings. The average Bonchev–Trinajstić information content (AvgIpc) is 2.76. The van der Waals surface area contributed by atoms with E-state index in [1.165, 1.54) is 29.4 Å². The largest absolute Gasteiger partial charge is 0.418 e. The van der Waals surface area contributed by atoms with E-state index in [4.69, 9.17) is 5.26 Å². The second kappa shape index (κ2) is 4.01. The minimum absolute atomic E-state index is 0.0153. The van der Waals surface area contributed by atoms with Crippen molar-refractivity contribution in [1.29, 1.82) is 5.26 Å². The number of para-hydroxylation sites is 1. The number of hydrogen-bond donors (Lipinski definition) is 1. The fourth-order valence-corrected chi connectivity index (χ4v) is 1.59. The summed E-state index contributed by atoms with van der Waals surface area (Å²) in [5.41, 5.74) is 2.32. The van der Waals surface area contributed by atoms with Gasteiger partial charge in [0.05, 0.1) is 29.4 Å². The maximum absolute atomic E-state index is 12.7. The Balaban J connectivity index is 2.33. The molecule has 1 heterocycles. The third-order valence-electron chi connectivity index (χ3n) is 2.37. The van der Waals surface area contributed by atoms with Crippen LogP contribution in [-0.4, -0.2) is 6.54 Å². The number of alkyl halides is 3. The van der Waals surface area contributed by atoms with Gasteiger partial charge in [-0.15, -0.1) is 0 Å². The van der Waals surface area contributed by atoms with E-state index in [9.17, 15) is 13.2 Å². The summed E-state index contributed by atoms with van der Waals surface area (Å²) in [6.07, 6.45) is -3.01. The molecule has 0 aliphatic carbocycles. The molecule has 88 valence electrons. The Hall–Kier alpha value is -2.16. The van der Waals surface area contributed by atoms with Gasteiger partial charge in [0.1, 0.15) is 0 Å². The molecule has 0 radical (unpaired) electrons. The summed E-state index contributed by atoms with van der Waals surface area (Å²) in [5, 5.41) is 9.95. The van der Waals surface area contributed by atoms with Crippen molar-refractivity contribution in [2.75, 3.05) is 11.6 Å². The number of nitrogens with one attached hydrogen (secondary N) is 1. The minimum atomic E-state index is -4.41. The van der Waals surface area contributed by atoms with Crippen LogP contribution in [0.15, 0.2) is 36.0 Å². The highest BCUT2D eigenvalue weighted by atomic mass is 19.4. The quantitative estimate of drug-likeness (QED) is 0.818.